The minimum Gasteiger partial charge on any atom is -0.508 e. The third-order valence-electron chi connectivity index (χ3n) is 5.45. The SMILES string of the molecule is Oc1ccc2c(c1)CCN(CC(F)(F)F)C2c1c(F)cc([B]C2CNC2)cc1F. The quantitative estimate of drug-likeness (QED) is 0.603. The first-order valence-corrected chi connectivity index (χ1v) is 9.38. The molecule has 1 radical (unpaired) electrons. The number of hydrogen-bond donors (Lipinski definition) is 2. The van der Waals surface area contributed by atoms with Gasteiger partial charge in [-0.3, -0.25) is 4.90 Å². The van der Waals surface area contributed by atoms with Crippen LogP contribution in [0, 0.1) is 11.6 Å². The molecule has 1 atom stereocenters. The Balaban J connectivity index is 1.76. The van der Waals surface area contributed by atoms with Crippen LogP contribution in [0.1, 0.15) is 22.7 Å². The van der Waals surface area contributed by atoms with Gasteiger partial charge >= 0.3 is 6.18 Å². The van der Waals surface area contributed by atoms with E-state index in [9.17, 15) is 18.3 Å². The van der Waals surface area contributed by atoms with Gasteiger partial charge in [-0.2, -0.15) is 13.2 Å². The van der Waals surface area contributed by atoms with E-state index >= 15 is 8.78 Å². The second-order valence-corrected chi connectivity index (χ2v) is 7.60. The number of alkyl halides is 3. The molecule has 0 amide bonds. The number of rotatable bonds is 4. The van der Waals surface area contributed by atoms with Gasteiger partial charge in [-0.25, -0.2) is 8.78 Å². The first-order chi connectivity index (χ1) is 13.7. The van der Waals surface area contributed by atoms with Gasteiger partial charge in [-0.1, -0.05) is 11.5 Å². The molecule has 1 unspecified atom stereocenters. The molecular weight excluding hydrogens is 390 g/mol. The van der Waals surface area contributed by atoms with Crippen molar-refractivity contribution < 1.29 is 27.1 Å². The van der Waals surface area contributed by atoms with Gasteiger partial charge in [0, 0.05) is 12.1 Å². The number of nitrogens with zero attached hydrogens (tertiary/aromatic N) is 1. The molecule has 0 saturated carbocycles. The van der Waals surface area contributed by atoms with Gasteiger partial charge in [0.25, 0.3) is 0 Å². The number of hydrogen-bond acceptors (Lipinski definition) is 3. The van der Waals surface area contributed by atoms with E-state index in [1.807, 2.05) is 0 Å². The van der Waals surface area contributed by atoms with Gasteiger partial charge in [0.2, 0.25) is 0 Å². The zero-order valence-electron chi connectivity index (χ0n) is 15.4. The van der Waals surface area contributed by atoms with Gasteiger partial charge in [0.05, 0.1) is 12.6 Å². The topological polar surface area (TPSA) is 35.5 Å². The molecule has 0 spiro atoms. The molecule has 153 valence electrons. The standard InChI is InChI=1S/C20H19BF5N2O/c22-16-6-12(21-13-8-27-9-13)7-17(23)18(16)19-15-2-1-14(29)5-11(15)3-4-28(19)10-20(24,25)26/h1-2,5-7,13,19,27,29H,3-4,8-10H2. The first kappa shape index (κ1) is 20.2. The zero-order chi connectivity index (χ0) is 20.8. The molecule has 1 fully saturated rings. The maximum atomic E-state index is 15.0. The molecule has 0 bridgehead atoms. The van der Waals surface area contributed by atoms with Crippen molar-refractivity contribution in [3.05, 3.63) is 58.7 Å². The fraction of sp³-hybridized carbons (Fsp3) is 0.400. The molecule has 2 aliphatic heterocycles. The second kappa shape index (κ2) is 7.61. The predicted octanol–water partition coefficient (Wildman–Crippen LogP) is 2.90. The molecule has 29 heavy (non-hydrogen) atoms. The van der Waals surface area contributed by atoms with Crippen LogP contribution in [0.2, 0.25) is 5.82 Å². The normalized spacial score (nSPS) is 20.2. The summed E-state index contributed by atoms with van der Waals surface area (Å²) >= 11 is 0. The average Bonchev–Trinajstić information content (AvgIpc) is 2.58. The van der Waals surface area contributed by atoms with Crippen LogP contribution in [-0.4, -0.2) is 49.6 Å². The monoisotopic (exact) mass is 409 g/mol. The molecule has 0 aromatic heterocycles. The maximum Gasteiger partial charge on any atom is 0.401 e. The van der Waals surface area contributed by atoms with E-state index in [1.165, 1.54) is 30.3 Å². The Kier molecular flexibility index (Phi) is 5.29. The van der Waals surface area contributed by atoms with E-state index in [2.05, 4.69) is 5.32 Å². The van der Waals surface area contributed by atoms with E-state index in [4.69, 9.17) is 0 Å². The fourth-order valence-electron chi connectivity index (χ4n) is 4.07. The lowest BCUT2D eigenvalue weighted by atomic mass is 9.56. The molecule has 2 aromatic rings. The van der Waals surface area contributed by atoms with Crippen molar-refractivity contribution in [2.75, 3.05) is 26.2 Å². The Morgan fingerprint density at radius 1 is 1.10 bits per heavy atom. The lowest BCUT2D eigenvalue weighted by Gasteiger charge is -2.38. The number of phenols is 1. The smallest absolute Gasteiger partial charge is 0.401 e. The minimum absolute atomic E-state index is 0.0267. The van der Waals surface area contributed by atoms with Crippen LogP contribution in [0.3, 0.4) is 0 Å². The van der Waals surface area contributed by atoms with Crippen molar-refractivity contribution in [3.8, 4) is 5.75 Å². The Morgan fingerprint density at radius 2 is 1.79 bits per heavy atom. The number of benzene rings is 2. The molecular formula is C20H19BF5N2O. The summed E-state index contributed by atoms with van der Waals surface area (Å²) in [7, 11) is 1.76. The number of fused-ring (bicyclic) bond motifs is 1. The molecule has 2 aromatic carbocycles. The van der Waals surface area contributed by atoms with Gasteiger partial charge in [-0.15, -0.1) is 0 Å². The highest BCUT2D eigenvalue weighted by Gasteiger charge is 2.39. The summed E-state index contributed by atoms with van der Waals surface area (Å²) in [5.74, 6) is -1.60. The van der Waals surface area contributed by atoms with Crippen LogP contribution in [0.5, 0.6) is 5.75 Å². The summed E-state index contributed by atoms with van der Waals surface area (Å²) in [4.78, 5) is 1.04. The largest absolute Gasteiger partial charge is 0.508 e. The van der Waals surface area contributed by atoms with Crippen molar-refractivity contribution in [2.45, 2.75) is 24.5 Å². The number of aromatic hydroxyl groups is 1. The molecule has 3 nitrogen and oxygen atoms in total. The summed E-state index contributed by atoms with van der Waals surface area (Å²) in [5, 5.41) is 12.8. The van der Waals surface area contributed by atoms with Crippen molar-refractivity contribution in [2.24, 2.45) is 0 Å². The average molecular weight is 409 g/mol. The minimum atomic E-state index is -4.51. The van der Waals surface area contributed by atoms with Crippen LogP contribution < -0.4 is 10.8 Å². The Morgan fingerprint density at radius 3 is 2.38 bits per heavy atom. The second-order valence-electron chi connectivity index (χ2n) is 7.60. The summed E-state index contributed by atoms with van der Waals surface area (Å²) in [6, 6.07) is 5.34. The Bertz CT molecular complexity index is 893. The number of phenolic OH excluding ortho intramolecular Hbond substituents is 1. The highest BCUT2D eigenvalue weighted by atomic mass is 19.4. The highest BCUT2D eigenvalue weighted by molar-refractivity contribution is 6.55. The van der Waals surface area contributed by atoms with Crippen molar-refractivity contribution in [3.63, 3.8) is 0 Å². The third kappa shape index (κ3) is 4.26. The first-order valence-electron chi connectivity index (χ1n) is 9.38. The van der Waals surface area contributed by atoms with E-state index in [0.717, 1.165) is 18.0 Å². The number of nitrogens with one attached hydrogen (secondary N) is 1. The van der Waals surface area contributed by atoms with Crippen molar-refractivity contribution in [1.29, 1.82) is 0 Å². The molecule has 2 aliphatic rings. The lowest BCUT2D eigenvalue weighted by molar-refractivity contribution is -0.150. The van der Waals surface area contributed by atoms with E-state index in [1.54, 1.807) is 7.28 Å². The predicted molar refractivity (Wildman–Crippen MR) is 99.6 cm³/mol. The van der Waals surface area contributed by atoms with Crippen molar-refractivity contribution >= 4 is 12.7 Å². The van der Waals surface area contributed by atoms with Crippen molar-refractivity contribution in [1.82, 2.24) is 10.2 Å². The Hall–Kier alpha value is -2.13. The summed E-state index contributed by atoms with van der Waals surface area (Å²) < 4.78 is 69.5. The molecule has 1 saturated heterocycles. The van der Waals surface area contributed by atoms with E-state index in [0.29, 0.717) is 16.6 Å². The lowest BCUT2D eigenvalue weighted by Crippen LogP contribution is -2.44. The summed E-state index contributed by atoms with van der Waals surface area (Å²) in [6.45, 7) is 0.146. The highest BCUT2D eigenvalue weighted by Crippen LogP contribution is 2.39. The molecule has 0 aliphatic carbocycles. The van der Waals surface area contributed by atoms with Crippen LogP contribution in [-0.2, 0) is 6.42 Å². The molecule has 9 heteroatoms. The van der Waals surface area contributed by atoms with Gasteiger partial charge in [0.15, 0.2) is 7.28 Å². The van der Waals surface area contributed by atoms with E-state index < -0.39 is 36.0 Å². The molecule has 4 rings (SSSR count). The zero-order valence-corrected chi connectivity index (χ0v) is 15.4. The molecule has 2 heterocycles. The summed E-state index contributed by atoms with van der Waals surface area (Å²) in [6.07, 6.45) is -4.26. The maximum absolute atomic E-state index is 15.0. The summed E-state index contributed by atoms with van der Waals surface area (Å²) in [5.41, 5.74) is 0.934. The van der Waals surface area contributed by atoms with Gasteiger partial charge < -0.3 is 10.4 Å². The Labute approximate surface area is 165 Å². The van der Waals surface area contributed by atoms with Gasteiger partial charge in [-0.05, 0) is 60.7 Å². The fourth-order valence-corrected chi connectivity index (χ4v) is 4.07. The number of halogens is 5. The molecule has 2 N–H and O–H groups in total. The van der Waals surface area contributed by atoms with Gasteiger partial charge in [0.1, 0.15) is 17.4 Å². The van der Waals surface area contributed by atoms with Crippen LogP contribution in [0.15, 0.2) is 30.3 Å². The van der Waals surface area contributed by atoms with Crippen LogP contribution in [0.4, 0.5) is 22.0 Å². The van der Waals surface area contributed by atoms with Crippen LogP contribution in [0.25, 0.3) is 0 Å². The van der Waals surface area contributed by atoms with E-state index in [-0.39, 0.29) is 24.5 Å². The third-order valence-corrected chi connectivity index (χ3v) is 5.45. The van der Waals surface area contributed by atoms with Crippen LogP contribution >= 0.6 is 0 Å².